The second kappa shape index (κ2) is 4.53. The smallest absolute Gasteiger partial charge is 0.254 e. The van der Waals surface area contributed by atoms with Gasteiger partial charge in [-0.05, 0) is 30.7 Å². The number of hydrogen-bond acceptors (Lipinski definition) is 3. The molecule has 1 saturated heterocycles. The van der Waals surface area contributed by atoms with E-state index in [1.807, 2.05) is 6.92 Å². The predicted molar refractivity (Wildman–Crippen MR) is 59.6 cm³/mol. The average molecular weight is 221 g/mol. The Labute approximate surface area is 94.4 Å². The number of amides is 1. The van der Waals surface area contributed by atoms with Crippen LogP contribution in [0.5, 0.6) is 5.75 Å². The van der Waals surface area contributed by atoms with E-state index in [-0.39, 0.29) is 11.7 Å². The fourth-order valence-electron chi connectivity index (χ4n) is 1.82. The standard InChI is InChI=1S/C12H15NO3/c1-9-8-10(14)2-3-11(9)12(15)13-4-6-16-7-5-13/h2-3,8,14H,4-7H2,1H3. The second-order valence-electron chi connectivity index (χ2n) is 3.90. The summed E-state index contributed by atoms with van der Waals surface area (Å²) < 4.78 is 5.20. The highest BCUT2D eigenvalue weighted by atomic mass is 16.5. The molecular formula is C12H15NO3. The first-order chi connectivity index (χ1) is 7.68. The maximum absolute atomic E-state index is 12.1. The molecule has 0 spiro atoms. The summed E-state index contributed by atoms with van der Waals surface area (Å²) in [7, 11) is 0. The van der Waals surface area contributed by atoms with Gasteiger partial charge < -0.3 is 14.7 Å². The van der Waals surface area contributed by atoms with Crippen molar-refractivity contribution in [2.75, 3.05) is 26.3 Å². The van der Waals surface area contributed by atoms with E-state index in [0.717, 1.165) is 5.56 Å². The zero-order chi connectivity index (χ0) is 11.5. The number of morpholine rings is 1. The van der Waals surface area contributed by atoms with Gasteiger partial charge >= 0.3 is 0 Å². The number of ether oxygens (including phenoxy) is 1. The number of nitrogens with zero attached hydrogens (tertiary/aromatic N) is 1. The van der Waals surface area contributed by atoms with Crippen LogP contribution in [0.15, 0.2) is 18.2 Å². The van der Waals surface area contributed by atoms with Gasteiger partial charge in [0.1, 0.15) is 5.75 Å². The van der Waals surface area contributed by atoms with E-state index >= 15 is 0 Å². The van der Waals surface area contributed by atoms with Crippen molar-refractivity contribution in [3.05, 3.63) is 29.3 Å². The highest BCUT2D eigenvalue weighted by Crippen LogP contribution is 2.17. The fraction of sp³-hybridized carbons (Fsp3) is 0.417. The van der Waals surface area contributed by atoms with Crippen molar-refractivity contribution in [2.45, 2.75) is 6.92 Å². The molecule has 4 nitrogen and oxygen atoms in total. The van der Waals surface area contributed by atoms with E-state index in [4.69, 9.17) is 4.74 Å². The molecule has 0 saturated carbocycles. The Kier molecular flexibility index (Phi) is 3.10. The van der Waals surface area contributed by atoms with E-state index in [9.17, 15) is 9.90 Å². The minimum absolute atomic E-state index is 0.0146. The Morgan fingerprint density at radius 1 is 1.38 bits per heavy atom. The summed E-state index contributed by atoms with van der Waals surface area (Å²) in [4.78, 5) is 13.9. The number of carbonyl (C=O) groups is 1. The van der Waals surface area contributed by atoms with E-state index in [1.165, 1.54) is 0 Å². The topological polar surface area (TPSA) is 49.8 Å². The lowest BCUT2D eigenvalue weighted by Gasteiger charge is -2.27. The summed E-state index contributed by atoms with van der Waals surface area (Å²) in [5, 5.41) is 9.28. The molecule has 0 aromatic heterocycles. The van der Waals surface area contributed by atoms with Crippen molar-refractivity contribution in [1.82, 2.24) is 4.90 Å². The molecule has 1 fully saturated rings. The largest absolute Gasteiger partial charge is 0.508 e. The lowest BCUT2D eigenvalue weighted by Crippen LogP contribution is -2.40. The number of aryl methyl sites for hydroxylation is 1. The molecule has 0 atom stereocenters. The molecular weight excluding hydrogens is 206 g/mol. The number of hydrogen-bond donors (Lipinski definition) is 1. The van der Waals surface area contributed by atoms with E-state index in [2.05, 4.69) is 0 Å². The Morgan fingerprint density at radius 3 is 2.69 bits per heavy atom. The molecule has 1 amide bonds. The van der Waals surface area contributed by atoms with Crippen molar-refractivity contribution >= 4 is 5.91 Å². The van der Waals surface area contributed by atoms with Crippen molar-refractivity contribution in [3.63, 3.8) is 0 Å². The zero-order valence-electron chi connectivity index (χ0n) is 9.27. The predicted octanol–water partition coefficient (Wildman–Crippen LogP) is 1.17. The third kappa shape index (κ3) is 2.17. The molecule has 4 heteroatoms. The van der Waals surface area contributed by atoms with Crippen molar-refractivity contribution in [1.29, 1.82) is 0 Å². The maximum Gasteiger partial charge on any atom is 0.254 e. The molecule has 1 aromatic carbocycles. The van der Waals surface area contributed by atoms with Crippen LogP contribution in [0.4, 0.5) is 0 Å². The lowest BCUT2D eigenvalue weighted by molar-refractivity contribution is 0.0302. The molecule has 0 unspecified atom stereocenters. The summed E-state index contributed by atoms with van der Waals surface area (Å²) >= 11 is 0. The molecule has 86 valence electrons. The number of phenols is 1. The Hall–Kier alpha value is -1.55. The minimum Gasteiger partial charge on any atom is -0.508 e. The maximum atomic E-state index is 12.1. The molecule has 0 aliphatic carbocycles. The average Bonchev–Trinajstić information content (AvgIpc) is 2.29. The first-order valence-electron chi connectivity index (χ1n) is 5.35. The summed E-state index contributed by atoms with van der Waals surface area (Å²) in [5.41, 5.74) is 1.45. The normalized spacial score (nSPS) is 16.2. The quantitative estimate of drug-likeness (QED) is 0.774. The first kappa shape index (κ1) is 11.0. The van der Waals surface area contributed by atoms with Crippen LogP contribution in [0, 0.1) is 6.92 Å². The highest BCUT2D eigenvalue weighted by molar-refractivity contribution is 5.95. The van der Waals surface area contributed by atoms with Gasteiger partial charge in [-0.15, -0.1) is 0 Å². The van der Waals surface area contributed by atoms with Crippen molar-refractivity contribution in [3.8, 4) is 5.75 Å². The van der Waals surface area contributed by atoms with Gasteiger partial charge in [0.25, 0.3) is 5.91 Å². The molecule has 1 aliphatic rings. The third-order valence-electron chi connectivity index (χ3n) is 2.74. The lowest BCUT2D eigenvalue weighted by atomic mass is 10.1. The molecule has 0 bridgehead atoms. The minimum atomic E-state index is 0.0146. The van der Waals surface area contributed by atoms with Crippen LogP contribution < -0.4 is 0 Å². The zero-order valence-corrected chi connectivity index (χ0v) is 9.27. The Bertz CT molecular complexity index is 397. The summed E-state index contributed by atoms with van der Waals surface area (Å²) in [6, 6.07) is 4.82. The summed E-state index contributed by atoms with van der Waals surface area (Å²) in [6.07, 6.45) is 0. The van der Waals surface area contributed by atoms with Gasteiger partial charge in [0, 0.05) is 18.7 Å². The number of benzene rings is 1. The van der Waals surface area contributed by atoms with Crippen LogP contribution in [0.25, 0.3) is 0 Å². The number of phenolic OH excluding ortho intramolecular Hbond substituents is 1. The monoisotopic (exact) mass is 221 g/mol. The van der Waals surface area contributed by atoms with E-state index in [1.54, 1.807) is 23.1 Å². The van der Waals surface area contributed by atoms with Crippen molar-refractivity contribution in [2.24, 2.45) is 0 Å². The molecule has 0 radical (unpaired) electrons. The van der Waals surface area contributed by atoms with Crippen LogP contribution in [-0.2, 0) is 4.74 Å². The highest BCUT2D eigenvalue weighted by Gasteiger charge is 2.19. The Balaban J connectivity index is 2.19. The molecule has 1 aromatic rings. The number of aromatic hydroxyl groups is 1. The third-order valence-corrected chi connectivity index (χ3v) is 2.74. The van der Waals surface area contributed by atoms with Gasteiger partial charge in [-0.25, -0.2) is 0 Å². The van der Waals surface area contributed by atoms with E-state index in [0.29, 0.717) is 31.9 Å². The number of rotatable bonds is 1. The Morgan fingerprint density at radius 2 is 2.06 bits per heavy atom. The van der Waals surface area contributed by atoms with Gasteiger partial charge in [0.2, 0.25) is 0 Å². The van der Waals surface area contributed by atoms with Crippen LogP contribution in [-0.4, -0.2) is 42.2 Å². The van der Waals surface area contributed by atoms with Gasteiger partial charge in [-0.2, -0.15) is 0 Å². The number of carbonyl (C=O) groups excluding carboxylic acids is 1. The van der Waals surface area contributed by atoms with Gasteiger partial charge in [-0.1, -0.05) is 0 Å². The molecule has 2 rings (SSSR count). The van der Waals surface area contributed by atoms with Gasteiger partial charge in [0.05, 0.1) is 13.2 Å². The van der Waals surface area contributed by atoms with Crippen LogP contribution in [0.1, 0.15) is 15.9 Å². The molecule has 1 aliphatic heterocycles. The summed E-state index contributed by atoms with van der Waals surface area (Å²) in [6.45, 7) is 4.30. The van der Waals surface area contributed by atoms with Crippen LogP contribution >= 0.6 is 0 Å². The first-order valence-corrected chi connectivity index (χ1v) is 5.35. The van der Waals surface area contributed by atoms with Crippen molar-refractivity contribution < 1.29 is 14.6 Å². The molecule has 1 heterocycles. The van der Waals surface area contributed by atoms with Crippen LogP contribution in [0.3, 0.4) is 0 Å². The SMILES string of the molecule is Cc1cc(O)ccc1C(=O)N1CCOCC1. The van der Waals surface area contributed by atoms with Gasteiger partial charge in [-0.3, -0.25) is 4.79 Å². The molecule has 16 heavy (non-hydrogen) atoms. The molecule has 1 N–H and O–H groups in total. The second-order valence-corrected chi connectivity index (χ2v) is 3.90. The van der Waals surface area contributed by atoms with Crippen LogP contribution in [0.2, 0.25) is 0 Å². The van der Waals surface area contributed by atoms with Gasteiger partial charge in [0.15, 0.2) is 0 Å². The summed E-state index contributed by atoms with van der Waals surface area (Å²) in [5.74, 6) is 0.205. The van der Waals surface area contributed by atoms with E-state index < -0.39 is 0 Å². The fourth-order valence-corrected chi connectivity index (χ4v) is 1.82.